The molecule has 0 radical (unpaired) electrons. The minimum absolute atomic E-state index is 0.503. The highest BCUT2D eigenvalue weighted by Gasteiger charge is 2.25. The van der Waals surface area contributed by atoms with Crippen LogP contribution in [0.4, 0.5) is 0 Å². The van der Waals surface area contributed by atoms with E-state index in [0.29, 0.717) is 0 Å². The average Bonchev–Trinajstić information content (AvgIpc) is 2.55. The van der Waals surface area contributed by atoms with Crippen LogP contribution in [0.1, 0.15) is 46.0 Å². The van der Waals surface area contributed by atoms with Crippen LogP contribution >= 0.6 is 0 Å². The summed E-state index contributed by atoms with van der Waals surface area (Å²) < 4.78 is 0. The second kappa shape index (κ2) is 4.43. The van der Waals surface area contributed by atoms with E-state index >= 15 is 0 Å². The van der Waals surface area contributed by atoms with Gasteiger partial charge in [0.25, 0.3) is 0 Å². The predicted octanol–water partition coefficient (Wildman–Crippen LogP) is 2.02. The van der Waals surface area contributed by atoms with Crippen LogP contribution in [0.2, 0.25) is 0 Å². The van der Waals surface area contributed by atoms with Crippen molar-refractivity contribution in [1.82, 2.24) is 4.90 Å². The highest BCUT2D eigenvalue weighted by molar-refractivity contribution is 4.81. The number of likely N-dealkylation sites (N-methyl/N-ethyl adjacent to an activating group) is 1. The SMILES string of the molecule is CCC(C)(O)CN(C)C1CCCC1. The van der Waals surface area contributed by atoms with Crippen LogP contribution in [-0.4, -0.2) is 35.2 Å². The van der Waals surface area contributed by atoms with Gasteiger partial charge in [-0.1, -0.05) is 19.8 Å². The molecule has 0 spiro atoms. The van der Waals surface area contributed by atoms with Crippen LogP contribution in [0, 0.1) is 0 Å². The van der Waals surface area contributed by atoms with Crippen molar-refractivity contribution in [3.63, 3.8) is 0 Å². The lowest BCUT2D eigenvalue weighted by Gasteiger charge is -2.31. The van der Waals surface area contributed by atoms with Gasteiger partial charge < -0.3 is 10.0 Å². The van der Waals surface area contributed by atoms with Gasteiger partial charge in [0.2, 0.25) is 0 Å². The monoisotopic (exact) mass is 185 g/mol. The van der Waals surface area contributed by atoms with Crippen LogP contribution in [0.5, 0.6) is 0 Å². The Bertz CT molecular complexity index is 150. The highest BCUT2D eigenvalue weighted by Crippen LogP contribution is 2.24. The topological polar surface area (TPSA) is 23.5 Å². The van der Waals surface area contributed by atoms with Crippen LogP contribution in [0.15, 0.2) is 0 Å². The average molecular weight is 185 g/mol. The van der Waals surface area contributed by atoms with Gasteiger partial charge in [-0.2, -0.15) is 0 Å². The zero-order chi connectivity index (χ0) is 9.90. The van der Waals surface area contributed by atoms with Crippen molar-refractivity contribution >= 4 is 0 Å². The third-order valence-electron chi connectivity index (χ3n) is 3.30. The quantitative estimate of drug-likeness (QED) is 0.724. The van der Waals surface area contributed by atoms with Crippen molar-refractivity contribution < 1.29 is 5.11 Å². The summed E-state index contributed by atoms with van der Waals surface area (Å²) in [4.78, 5) is 2.33. The standard InChI is InChI=1S/C11H23NO/c1-4-11(2,13)9-12(3)10-7-5-6-8-10/h10,13H,4-9H2,1-3H3. The fourth-order valence-corrected chi connectivity index (χ4v) is 2.12. The van der Waals surface area contributed by atoms with Gasteiger partial charge in [-0.3, -0.25) is 0 Å². The first-order chi connectivity index (χ1) is 6.05. The van der Waals surface area contributed by atoms with Crippen LogP contribution in [0.25, 0.3) is 0 Å². The van der Waals surface area contributed by atoms with E-state index in [1.807, 2.05) is 13.8 Å². The number of aliphatic hydroxyl groups is 1. The number of rotatable bonds is 4. The third kappa shape index (κ3) is 3.28. The van der Waals surface area contributed by atoms with E-state index in [1.54, 1.807) is 0 Å². The van der Waals surface area contributed by atoms with Crippen LogP contribution < -0.4 is 0 Å². The Balaban J connectivity index is 2.35. The molecule has 2 nitrogen and oxygen atoms in total. The van der Waals surface area contributed by atoms with Crippen LogP contribution in [-0.2, 0) is 0 Å². The van der Waals surface area contributed by atoms with Crippen molar-refractivity contribution in [2.24, 2.45) is 0 Å². The molecule has 1 saturated carbocycles. The Kier molecular flexibility index (Phi) is 3.74. The molecule has 2 heteroatoms. The molecule has 78 valence electrons. The number of hydrogen-bond donors (Lipinski definition) is 1. The highest BCUT2D eigenvalue weighted by atomic mass is 16.3. The molecule has 0 aromatic heterocycles. The summed E-state index contributed by atoms with van der Waals surface area (Å²) in [6, 6.07) is 0.720. The van der Waals surface area contributed by atoms with Crippen molar-refractivity contribution in [2.75, 3.05) is 13.6 Å². The van der Waals surface area contributed by atoms with Gasteiger partial charge in [0.15, 0.2) is 0 Å². The van der Waals surface area contributed by atoms with Gasteiger partial charge in [-0.25, -0.2) is 0 Å². The Hall–Kier alpha value is -0.0800. The fourth-order valence-electron chi connectivity index (χ4n) is 2.12. The molecule has 0 aromatic carbocycles. The first kappa shape index (κ1) is 11.0. The maximum absolute atomic E-state index is 9.91. The van der Waals surface area contributed by atoms with E-state index in [0.717, 1.165) is 19.0 Å². The summed E-state index contributed by atoms with van der Waals surface area (Å²) in [5, 5.41) is 9.91. The second-order valence-corrected chi connectivity index (χ2v) is 4.70. The smallest absolute Gasteiger partial charge is 0.0743 e. The molecular weight excluding hydrogens is 162 g/mol. The summed E-state index contributed by atoms with van der Waals surface area (Å²) in [6.45, 7) is 4.79. The van der Waals surface area contributed by atoms with Crippen LogP contribution in [0.3, 0.4) is 0 Å². The molecule has 1 aliphatic carbocycles. The van der Waals surface area contributed by atoms with E-state index in [9.17, 15) is 5.11 Å². The fraction of sp³-hybridized carbons (Fsp3) is 1.00. The van der Waals surface area contributed by atoms with Gasteiger partial charge in [-0.15, -0.1) is 0 Å². The minimum atomic E-state index is -0.503. The Labute approximate surface area is 81.9 Å². The lowest BCUT2D eigenvalue weighted by molar-refractivity contribution is 0.0128. The van der Waals surface area contributed by atoms with E-state index in [1.165, 1.54) is 25.7 Å². The van der Waals surface area contributed by atoms with Crippen molar-refractivity contribution in [2.45, 2.75) is 57.6 Å². The lowest BCUT2D eigenvalue weighted by atomic mass is 10.0. The zero-order valence-electron chi connectivity index (χ0n) is 9.21. The predicted molar refractivity (Wildman–Crippen MR) is 55.8 cm³/mol. The summed E-state index contributed by atoms with van der Waals surface area (Å²) >= 11 is 0. The molecule has 0 aliphatic heterocycles. The van der Waals surface area contributed by atoms with Gasteiger partial charge in [0, 0.05) is 12.6 Å². The van der Waals surface area contributed by atoms with Crippen molar-refractivity contribution in [3.05, 3.63) is 0 Å². The maximum Gasteiger partial charge on any atom is 0.0743 e. The molecule has 1 fully saturated rings. The maximum atomic E-state index is 9.91. The van der Waals surface area contributed by atoms with Gasteiger partial charge in [0.1, 0.15) is 0 Å². The molecule has 0 amide bonds. The summed E-state index contributed by atoms with van der Waals surface area (Å²) in [5.41, 5.74) is -0.503. The van der Waals surface area contributed by atoms with Crippen molar-refractivity contribution in [3.8, 4) is 0 Å². The molecule has 13 heavy (non-hydrogen) atoms. The van der Waals surface area contributed by atoms with Gasteiger partial charge >= 0.3 is 0 Å². The molecule has 1 N–H and O–H groups in total. The van der Waals surface area contributed by atoms with Gasteiger partial charge in [0.05, 0.1) is 5.60 Å². The Morgan fingerprint density at radius 2 is 1.92 bits per heavy atom. The molecule has 0 saturated heterocycles. The van der Waals surface area contributed by atoms with Crippen molar-refractivity contribution in [1.29, 1.82) is 0 Å². The minimum Gasteiger partial charge on any atom is -0.389 e. The Morgan fingerprint density at radius 3 is 2.38 bits per heavy atom. The molecule has 0 heterocycles. The van der Waals surface area contributed by atoms with E-state index in [2.05, 4.69) is 11.9 Å². The first-order valence-corrected chi connectivity index (χ1v) is 5.48. The Morgan fingerprint density at radius 1 is 1.38 bits per heavy atom. The molecular formula is C11H23NO. The summed E-state index contributed by atoms with van der Waals surface area (Å²) in [7, 11) is 2.14. The lowest BCUT2D eigenvalue weighted by Crippen LogP contribution is -2.42. The van der Waals surface area contributed by atoms with Gasteiger partial charge in [-0.05, 0) is 33.2 Å². The number of nitrogens with zero attached hydrogens (tertiary/aromatic N) is 1. The second-order valence-electron chi connectivity index (χ2n) is 4.70. The van der Waals surface area contributed by atoms with E-state index < -0.39 is 5.60 Å². The molecule has 1 aliphatic rings. The summed E-state index contributed by atoms with van der Waals surface area (Å²) in [6.07, 6.45) is 6.20. The number of hydrogen-bond acceptors (Lipinski definition) is 2. The van der Waals surface area contributed by atoms with E-state index in [4.69, 9.17) is 0 Å². The first-order valence-electron chi connectivity index (χ1n) is 5.48. The molecule has 1 unspecified atom stereocenters. The molecule has 1 rings (SSSR count). The molecule has 1 atom stereocenters. The zero-order valence-corrected chi connectivity index (χ0v) is 9.21. The largest absolute Gasteiger partial charge is 0.389 e. The third-order valence-corrected chi connectivity index (χ3v) is 3.30. The normalized spacial score (nSPS) is 23.8. The molecule has 0 bridgehead atoms. The summed E-state index contributed by atoms with van der Waals surface area (Å²) in [5.74, 6) is 0. The van der Waals surface area contributed by atoms with E-state index in [-0.39, 0.29) is 0 Å². The molecule has 0 aromatic rings.